The lowest BCUT2D eigenvalue weighted by atomic mass is 10.1. The summed E-state index contributed by atoms with van der Waals surface area (Å²) in [4.78, 5) is 13.4. The summed E-state index contributed by atoms with van der Waals surface area (Å²) >= 11 is 0. The van der Waals surface area contributed by atoms with E-state index >= 15 is 0 Å². The SMILES string of the molecule is O=C1CN(Cc2ccc(C#CCCO)cc2F)CCCN1. The molecule has 21 heavy (non-hydrogen) atoms. The molecule has 4 nitrogen and oxygen atoms in total. The van der Waals surface area contributed by atoms with Crippen LogP contribution in [0.15, 0.2) is 18.2 Å². The van der Waals surface area contributed by atoms with E-state index in [-0.39, 0.29) is 18.3 Å². The molecule has 0 bridgehead atoms. The average Bonchev–Trinajstić information content (AvgIpc) is 2.66. The average molecular weight is 290 g/mol. The minimum absolute atomic E-state index is 0.00455. The molecule has 0 unspecified atom stereocenters. The molecule has 1 aromatic carbocycles. The Hall–Kier alpha value is -1.90. The number of benzene rings is 1. The zero-order chi connectivity index (χ0) is 15.1. The van der Waals surface area contributed by atoms with Gasteiger partial charge in [0.05, 0.1) is 13.2 Å². The first kappa shape index (κ1) is 15.5. The van der Waals surface area contributed by atoms with E-state index in [4.69, 9.17) is 5.11 Å². The van der Waals surface area contributed by atoms with Gasteiger partial charge < -0.3 is 10.4 Å². The maximum atomic E-state index is 14.1. The van der Waals surface area contributed by atoms with Crippen LogP contribution < -0.4 is 5.32 Å². The van der Waals surface area contributed by atoms with Gasteiger partial charge in [-0.1, -0.05) is 17.9 Å². The third kappa shape index (κ3) is 4.85. The largest absolute Gasteiger partial charge is 0.395 e. The van der Waals surface area contributed by atoms with Crippen molar-refractivity contribution < 1.29 is 14.3 Å². The van der Waals surface area contributed by atoms with Crippen LogP contribution >= 0.6 is 0 Å². The standard InChI is InChI=1S/C16H19FN2O2/c17-15-10-13(4-1-2-9-20)5-6-14(15)11-19-8-3-7-18-16(21)12-19/h5-6,10,20H,2-3,7-9,11-12H2,(H,18,21). The van der Waals surface area contributed by atoms with Crippen molar-refractivity contribution in [2.24, 2.45) is 0 Å². The number of carbonyl (C=O) groups is 1. The smallest absolute Gasteiger partial charge is 0.234 e. The maximum absolute atomic E-state index is 14.1. The Bertz CT molecular complexity index is 563. The summed E-state index contributed by atoms with van der Waals surface area (Å²) in [5.74, 6) is 5.25. The molecule has 1 aliphatic heterocycles. The molecule has 1 amide bonds. The molecule has 1 aliphatic rings. The van der Waals surface area contributed by atoms with Crippen LogP contribution in [-0.4, -0.2) is 42.2 Å². The van der Waals surface area contributed by atoms with E-state index in [0.29, 0.717) is 37.2 Å². The van der Waals surface area contributed by atoms with Gasteiger partial charge in [-0.3, -0.25) is 9.69 Å². The topological polar surface area (TPSA) is 52.6 Å². The Morgan fingerprint density at radius 1 is 1.43 bits per heavy atom. The van der Waals surface area contributed by atoms with Crippen LogP contribution in [0.4, 0.5) is 4.39 Å². The summed E-state index contributed by atoms with van der Waals surface area (Å²) in [6.45, 7) is 2.18. The van der Waals surface area contributed by atoms with Gasteiger partial charge in [0, 0.05) is 37.2 Å². The number of halogens is 1. The normalized spacial score (nSPS) is 15.8. The van der Waals surface area contributed by atoms with Crippen LogP contribution in [0.3, 0.4) is 0 Å². The summed E-state index contributed by atoms with van der Waals surface area (Å²) in [7, 11) is 0. The van der Waals surface area contributed by atoms with Crippen LogP contribution in [0, 0.1) is 17.7 Å². The van der Waals surface area contributed by atoms with Gasteiger partial charge in [-0.15, -0.1) is 0 Å². The Balaban J connectivity index is 2.03. The van der Waals surface area contributed by atoms with Gasteiger partial charge in [0.2, 0.25) is 5.91 Å². The molecule has 0 atom stereocenters. The van der Waals surface area contributed by atoms with E-state index < -0.39 is 0 Å². The predicted octanol–water partition coefficient (Wildman–Crippen LogP) is 0.881. The quantitative estimate of drug-likeness (QED) is 0.813. The van der Waals surface area contributed by atoms with Crippen molar-refractivity contribution in [2.75, 3.05) is 26.2 Å². The van der Waals surface area contributed by atoms with Gasteiger partial charge >= 0.3 is 0 Å². The highest BCUT2D eigenvalue weighted by Gasteiger charge is 2.16. The van der Waals surface area contributed by atoms with E-state index in [1.54, 1.807) is 12.1 Å². The molecule has 0 aromatic heterocycles. The highest BCUT2D eigenvalue weighted by Crippen LogP contribution is 2.13. The van der Waals surface area contributed by atoms with E-state index in [1.165, 1.54) is 6.07 Å². The van der Waals surface area contributed by atoms with E-state index in [9.17, 15) is 9.18 Å². The van der Waals surface area contributed by atoms with Gasteiger partial charge in [0.15, 0.2) is 0 Å². The molecule has 112 valence electrons. The fourth-order valence-electron chi connectivity index (χ4n) is 2.22. The zero-order valence-corrected chi connectivity index (χ0v) is 11.9. The second kappa shape index (κ2) is 7.77. The summed E-state index contributed by atoms with van der Waals surface area (Å²) in [5, 5.41) is 11.5. The second-order valence-electron chi connectivity index (χ2n) is 5.00. The molecule has 2 rings (SSSR count). The molecular weight excluding hydrogens is 271 g/mol. The summed E-state index contributed by atoms with van der Waals surface area (Å²) in [6, 6.07) is 4.87. The minimum Gasteiger partial charge on any atom is -0.395 e. The lowest BCUT2D eigenvalue weighted by Gasteiger charge is -2.18. The first-order valence-electron chi connectivity index (χ1n) is 7.06. The maximum Gasteiger partial charge on any atom is 0.234 e. The number of aliphatic hydroxyl groups excluding tert-OH is 1. The molecular formula is C16H19FN2O2. The van der Waals surface area contributed by atoms with Gasteiger partial charge in [-0.2, -0.15) is 0 Å². The number of amides is 1. The fraction of sp³-hybridized carbons (Fsp3) is 0.438. The molecule has 1 heterocycles. The third-order valence-corrected chi connectivity index (χ3v) is 3.26. The molecule has 1 aromatic rings. The van der Waals surface area contributed by atoms with Crippen molar-refractivity contribution in [1.29, 1.82) is 0 Å². The Labute approximate surface area is 124 Å². The van der Waals surface area contributed by atoms with Crippen molar-refractivity contribution in [3.63, 3.8) is 0 Å². The van der Waals surface area contributed by atoms with E-state index in [1.807, 2.05) is 4.90 Å². The van der Waals surface area contributed by atoms with Gasteiger partial charge in [0.1, 0.15) is 5.82 Å². The van der Waals surface area contributed by atoms with Crippen LogP contribution in [0.5, 0.6) is 0 Å². The fourth-order valence-corrected chi connectivity index (χ4v) is 2.22. The first-order chi connectivity index (χ1) is 10.2. The minimum atomic E-state index is -0.310. The Morgan fingerprint density at radius 2 is 2.29 bits per heavy atom. The van der Waals surface area contributed by atoms with Crippen molar-refractivity contribution in [1.82, 2.24) is 10.2 Å². The molecule has 1 saturated heterocycles. The Kier molecular flexibility index (Phi) is 5.73. The number of hydrogen-bond acceptors (Lipinski definition) is 3. The van der Waals surface area contributed by atoms with Crippen molar-refractivity contribution in [3.05, 3.63) is 35.1 Å². The summed E-state index contributed by atoms with van der Waals surface area (Å²) in [6.07, 6.45) is 1.25. The van der Waals surface area contributed by atoms with Crippen LogP contribution in [0.1, 0.15) is 24.0 Å². The highest BCUT2D eigenvalue weighted by molar-refractivity contribution is 5.78. The van der Waals surface area contributed by atoms with Crippen LogP contribution in [-0.2, 0) is 11.3 Å². The number of nitrogens with one attached hydrogen (secondary N) is 1. The first-order valence-corrected chi connectivity index (χ1v) is 7.06. The van der Waals surface area contributed by atoms with Crippen LogP contribution in [0.2, 0.25) is 0 Å². The molecule has 2 N–H and O–H groups in total. The summed E-state index contributed by atoms with van der Waals surface area (Å²) in [5.41, 5.74) is 1.16. The molecule has 1 fully saturated rings. The number of hydrogen-bond donors (Lipinski definition) is 2. The predicted molar refractivity (Wildman–Crippen MR) is 77.9 cm³/mol. The number of nitrogens with zero attached hydrogens (tertiary/aromatic N) is 1. The van der Waals surface area contributed by atoms with E-state index in [2.05, 4.69) is 17.2 Å². The third-order valence-electron chi connectivity index (χ3n) is 3.26. The van der Waals surface area contributed by atoms with Crippen molar-refractivity contribution >= 4 is 5.91 Å². The molecule has 0 radical (unpaired) electrons. The molecule has 0 saturated carbocycles. The number of aliphatic hydroxyl groups is 1. The number of carbonyl (C=O) groups excluding carboxylic acids is 1. The molecule has 5 heteroatoms. The second-order valence-corrected chi connectivity index (χ2v) is 5.00. The zero-order valence-electron chi connectivity index (χ0n) is 11.9. The lowest BCUT2D eigenvalue weighted by molar-refractivity contribution is -0.121. The number of rotatable bonds is 3. The van der Waals surface area contributed by atoms with Crippen LogP contribution in [0.25, 0.3) is 0 Å². The van der Waals surface area contributed by atoms with E-state index in [0.717, 1.165) is 13.0 Å². The molecule has 0 spiro atoms. The molecule has 0 aliphatic carbocycles. The summed E-state index contributed by atoms with van der Waals surface area (Å²) < 4.78 is 14.1. The van der Waals surface area contributed by atoms with Gasteiger partial charge in [-0.05, 0) is 18.6 Å². The van der Waals surface area contributed by atoms with Crippen molar-refractivity contribution in [2.45, 2.75) is 19.4 Å². The lowest BCUT2D eigenvalue weighted by Crippen LogP contribution is -2.32. The van der Waals surface area contributed by atoms with Gasteiger partial charge in [-0.25, -0.2) is 4.39 Å². The highest BCUT2D eigenvalue weighted by atomic mass is 19.1. The monoisotopic (exact) mass is 290 g/mol. The van der Waals surface area contributed by atoms with Gasteiger partial charge in [0.25, 0.3) is 0 Å². The van der Waals surface area contributed by atoms with Crippen molar-refractivity contribution in [3.8, 4) is 11.8 Å². The Morgan fingerprint density at radius 3 is 3.05 bits per heavy atom.